The van der Waals surface area contributed by atoms with Gasteiger partial charge in [0.1, 0.15) is 24.2 Å². The van der Waals surface area contributed by atoms with Gasteiger partial charge in [-0.05, 0) is 111 Å². The third kappa shape index (κ3) is 19.8. The lowest BCUT2D eigenvalue weighted by Gasteiger charge is -2.35. The van der Waals surface area contributed by atoms with Gasteiger partial charge in [-0.2, -0.15) is 10.2 Å². The molecule has 24 nitrogen and oxygen atoms in total. The molecule has 3 aliphatic rings. The fourth-order valence-corrected chi connectivity index (χ4v) is 11.1. The highest BCUT2D eigenvalue weighted by Gasteiger charge is 2.43. The number of likely N-dealkylation sites (N-methyl/N-ethyl adjacent to an activating group) is 4. The Morgan fingerprint density at radius 2 is 0.750 bits per heavy atom. The van der Waals surface area contributed by atoms with Crippen molar-refractivity contribution in [2.24, 2.45) is 23.7 Å². The number of carbonyl (C=O) groups is 10. The van der Waals surface area contributed by atoms with Crippen LogP contribution >= 0.6 is 0 Å². The summed E-state index contributed by atoms with van der Waals surface area (Å²) in [6.45, 7) is 17.8. The third-order valence-electron chi connectivity index (χ3n) is 16.6. The molecule has 2 aliphatic carbocycles. The van der Waals surface area contributed by atoms with E-state index in [-0.39, 0.29) is 99.2 Å². The topological polar surface area (TPSA) is 280 Å². The Bertz CT molecular complexity index is 3060. The second-order valence-electron chi connectivity index (χ2n) is 26.8. The quantitative estimate of drug-likeness (QED) is 0.0765. The summed E-state index contributed by atoms with van der Waals surface area (Å²) in [7, 11) is 5.49. The largest absolute Gasteiger partial charge is 0.451 e. The second-order valence-corrected chi connectivity index (χ2v) is 26.8. The van der Waals surface area contributed by atoms with Gasteiger partial charge < -0.3 is 49.2 Å². The van der Waals surface area contributed by atoms with Crippen LogP contribution in [0.1, 0.15) is 164 Å². The van der Waals surface area contributed by atoms with Crippen LogP contribution in [0.3, 0.4) is 0 Å². The average molecular weight is 1280 g/mol. The number of benzene rings is 2. The van der Waals surface area contributed by atoms with E-state index in [4.69, 9.17) is 18.9 Å². The first-order valence-corrected chi connectivity index (χ1v) is 32.2. The first kappa shape index (κ1) is 71.0. The molecule has 1 aliphatic heterocycles. The molecule has 3 heterocycles. The van der Waals surface area contributed by atoms with E-state index in [9.17, 15) is 38.4 Å². The van der Waals surface area contributed by atoms with Crippen LogP contribution < -0.4 is 10.6 Å². The Labute approximate surface area is 539 Å². The van der Waals surface area contributed by atoms with Gasteiger partial charge >= 0.3 is 23.9 Å². The number of hydrogen-bond acceptors (Lipinski definition) is 16. The van der Waals surface area contributed by atoms with Gasteiger partial charge in [0.2, 0.25) is 0 Å². The van der Waals surface area contributed by atoms with Gasteiger partial charge in [-0.15, -0.1) is 0 Å². The van der Waals surface area contributed by atoms with Gasteiger partial charge in [-0.3, -0.25) is 38.1 Å². The van der Waals surface area contributed by atoms with E-state index < -0.39 is 96.1 Å². The van der Waals surface area contributed by atoms with E-state index in [1.807, 2.05) is 67.5 Å². The smallest absolute Gasteiger partial charge is 0.329 e. The van der Waals surface area contributed by atoms with Crippen molar-refractivity contribution >= 4 is 59.3 Å². The molecule has 0 bridgehead atoms. The predicted molar refractivity (Wildman–Crippen MR) is 339 cm³/mol. The molecule has 1 saturated heterocycles. The number of cyclic esters (lactones) is 4. The average Bonchev–Trinajstić information content (AvgIpc) is 1.34. The van der Waals surface area contributed by atoms with Crippen LogP contribution in [0.4, 0.5) is 0 Å². The van der Waals surface area contributed by atoms with Crippen molar-refractivity contribution in [3.63, 3.8) is 0 Å². The summed E-state index contributed by atoms with van der Waals surface area (Å²) in [5.41, 5.74) is 3.37. The van der Waals surface area contributed by atoms with Crippen LogP contribution in [-0.4, -0.2) is 187 Å². The van der Waals surface area contributed by atoms with Crippen molar-refractivity contribution in [3.8, 4) is 0 Å². The molecule has 0 unspecified atom stereocenters. The highest BCUT2D eigenvalue weighted by atomic mass is 16.6. The van der Waals surface area contributed by atoms with Crippen molar-refractivity contribution in [2.45, 2.75) is 207 Å². The standard InChI is InChI=1S/C68H94N10O14/c1-39(2)25-53-65(85)89-43(9)61(81)73(11)56(28-42(7)8)68(88)92-58(32-46-18-16-20-48(30-46)36-78-38-50(34-70-78)60(80)72-52-23-24-52)64(84)76(14)54(26-40(3)4)66(86)90-44(10)62(82)74(12)55(27-41(5)6)67(87)91-57(63(83)75(53)13)31-45-17-15-19-47(29-45)35-77-37-49(33-69-77)59(79)71-51-21-22-51/h15-20,29-30,33-34,37-44,51-58H,21-28,31-32,35-36H2,1-14H3,(H,71,79)(H,72,80)/t43-,44-,53+,54+,55+,56+,57-,58-/m1/s1. The van der Waals surface area contributed by atoms with E-state index in [1.165, 1.54) is 54.4 Å². The van der Waals surface area contributed by atoms with Gasteiger partial charge in [0, 0.05) is 65.5 Å². The van der Waals surface area contributed by atoms with E-state index in [1.54, 1.807) is 58.2 Å². The predicted octanol–water partition coefficient (Wildman–Crippen LogP) is 5.94. The van der Waals surface area contributed by atoms with Crippen LogP contribution in [0, 0.1) is 23.7 Å². The highest BCUT2D eigenvalue weighted by Crippen LogP contribution is 2.26. The zero-order valence-electron chi connectivity index (χ0n) is 55.8. The minimum atomic E-state index is -1.61. The summed E-state index contributed by atoms with van der Waals surface area (Å²) in [6.07, 6.45) is 3.41. The number of amides is 6. The lowest BCUT2D eigenvalue weighted by atomic mass is 9.99. The number of aromatic nitrogens is 4. The molecular weight excluding hydrogens is 1180 g/mol. The molecule has 24 heteroatoms. The normalized spacial score (nSPS) is 23.2. The molecule has 8 atom stereocenters. The Morgan fingerprint density at radius 3 is 1.05 bits per heavy atom. The Balaban J connectivity index is 1.24. The SMILES string of the molecule is CC(C)C[C@H]1C(=O)O[C@H](Cc2cccc(Cn3cc(C(=O)NC4CC4)cn3)c2)C(=O)N(C)[C@@H](CC(C)C)C(=O)O[C@H](C)C(=O)N(C)[C@@H](CC(C)C)C(=O)O[C@H](Cc2cccc(Cn3cc(C(=O)NC4CC4)cn3)c2)C(=O)N(C)[C@@H](CC(C)C)C(=O)O[C@H](C)C(=O)N1C. The van der Waals surface area contributed by atoms with E-state index in [0.717, 1.165) is 56.4 Å². The third-order valence-corrected chi connectivity index (χ3v) is 16.6. The number of ether oxygens (including phenoxy) is 4. The molecule has 4 aromatic rings. The van der Waals surface area contributed by atoms with Crippen LogP contribution in [-0.2, 0) is 83.2 Å². The summed E-state index contributed by atoms with van der Waals surface area (Å²) in [6, 6.07) is 9.25. The molecule has 92 heavy (non-hydrogen) atoms. The van der Waals surface area contributed by atoms with Crippen molar-refractivity contribution in [1.82, 2.24) is 49.8 Å². The van der Waals surface area contributed by atoms with Crippen LogP contribution in [0.2, 0.25) is 0 Å². The molecule has 7 rings (SSSR count). The summed E-state index contributed by atoms with van der Waals surface area (Å²) in [5, 5.41) is 14.7. The van der Waals surface area contributed by atoms with E-state index in [0.29, 0.717) is 22.3 Å². The fraction of sp³-hybridized carbons (Fsp3) is 0.588. The molecule has 6 amide bonds. The van der Waals surface area contributed by atoms with Crippen LogP contribution in [0.15, 0.2) is 73.3 Å². The van der Waals surface area contributed by atoms with Crippen molar-refractivity contribution in [2.75, 3.05) is 28.2 Å². The van der Waals surface area contributed by atoms with Crippen molar-refractivity contribution < 1.29 is 66.9 Å². The Hall–Kier alpha value is -8.44. The van der Waals surface area contributed by atoms with Gasteiger partial charge in [0.05, 0.1) is 36.6 Å². The first-order valence-electron chi connectivity index (χ1n) is 32.2. The Morgan fingerprint density at radius 1 is 0.457 bits per heavy atom. The van der Waals surface area contributed by atoms with Gasteiger partial charge in [-0.25, -0.2) is 19.2 Å². The zero-order valence-corrected chi connectivity index (χ0v) is 55.8. The molecule has 2 saturated carbocycles. The molecule has 2 aromatic carbocycles. The summed E-state index contributed by atoms with van der Waals surface area (Å²) in [5.74, 6) is -8.38. The second kappa shape index (κ2) is 31.7. The maximum atomic E-state index is 15.2. The molecule has 0 radical (unpaired) electrons. The number of nitrogens with one attached hydrogen (secondary N) is 2. The van der Waals surface area contributed by atoms with Gasteiger partial charge in [0.15, 0.2) is 24.4 Å². The number of esters is 4. The minimum absolute atomic E-state index is 0.0404. The fourth-order valence-electron chi connectivity index (χ4n) is 11.1. The maximum Gasteiger partial charge on any atom is 0.329 e. The minimum Gasteiger partial charge on any atom is -0.451 e. The molecule has 500 valence electrons. The molecular formula is C68H94N10O14. The van der Waals surface area contributed by atoms with Crippen molar-refractivity contribution in [3.05, 3.63) is 107 Å². The number of hydrogen-bond donors (Lipinski definition) is 2. The molecule has 2 aromatic heterocycles. The van der Waals surface area contributed by atoms with Gasteiger partial charge in [-0.1, -0.05) is 104 Å². The molecule has 0 spiro atoms. The molecule has 2 N–H and O–H groups in total. The first-order chi connectivity index (χ1) is 43.5. The monoisotopic (exact) mass is 1270 g/mol. The molecule has 3 fully saturated rings. The lowest BCUT2D eigenvalue weighted by molar-refractivity contribution is -0.176. The number of rotatable bonds is 20. The van der Waals surface area contributed by atoms with Gasteiger partial charge in [0.25, 0.3) is 35.4 Å². The Kier molecular flexibility index (Phi) is 24.5. The lowest BCUT2D eigenvalue weighted by Crippen LogP contribution is -2.55. The van der Waals surface area contributed by atoms with E-state index in [2.05, 4.69) is 20.8 Å². The summed E-state index contributed by atoms with van der Waals surface area (Å²) < 4.78 is 27.6. The van der Waals surface area contributed by atoms with Crippen LogP contribution in [0.25, 0.3) is 0 Å². The van der Waals surface area contributed by atoms with Crippen LogP contribution in [0.5, 0.6) is 0 Å². The number of nitrogens with zero attached hydrogens (tertiary/aromatic N) is 8. The highest BCUT2D eigenvalue weighted by molar-refractivity contribution is 5.96. The summed E-state index contributed by atoms with van der Waals surface area (Å²) >= 11 is 0. The zero-order chi connectivity index (χ0) is 67.4. The summed E-state index contributed by atoms with van der Waals surface area (Å²) in [4.78, 5) is 149. The van der Waals surface area contributed by atoms with Crippen molar-refractivity contribution in [1.29, 1.82) is 0 Å². The number of carbonyl (C=O) groups excluding carboxylic acids is 10. The van der Waals surface area contributed by atoms with E-state index >= 15 is 9.59 Å². The maximum absolute atomic E-state index is 15.2.